The van der Waals surface area contributed by atoms with Crippen molar-refractivity contribution >= 4 is 51.3 Å². The minimum Gasteiger partial charge on any atom is -0.308 e. The lowest BCUT2D eigenvalue weighted by atomic mass is 9.99. The van der Waals surface area contributed by atoms with Crippen LogP contribution in [0.4, 0.5) is 22.7 Å². The van der Waals surface area contributed by atoms with E-state index >= 15 is 0 Å². The van der Waals surface area contributed by atoms with Crippen LogP contribution >= 0.6 is 0 Å². The largest absolute Gasteiger partial charge is 0.308 e. The summed E-state index contributed by atoms with van der Waals surface area (Å²) in [6.45, 7) is 7.46. The highest BCUT2D eigenvalue weighted by Crippen LogP contribution is 2.43. The summed E-state index contributed by atoms with van der Waals surface area (Å²) in [6.07, 6.45) is 2.92. The molecule has 1 saturated carbocycles. The number of nitrogens with zero attached hydrogens (tertiary/aromatic N) is 4. The highest BCUT2D eigenvalue weighted by atomic mass is 32.2. The number of benzene rings is 2. The van der Waals surface area contributed by atoms with Gasteiger partial charge in [0.15, 0.2) is 0 Å². The van der Waals surface area contributed by atoms with E-state index in [1.807, 2.05) is 31.2 Å². The van der Waals surface area contributed by atoms with Crippen molar-refractivity contribution in [3.8, 4) is 11.1 Å². The lowest BCUT2D eigenvalue weighted by molar-refractivity contribution is -0.120. The summed E-state index contributed by atoms with van der Waals surface area (Å²) < 4.78 is 25.4. The number of carbonyl (C=O) groups is 2. The molecule has 8 nitrogen and oxygen atoms in total. The lowest BCUT2D eigenvalue weighted by Crippen LogP contribution is -2.51. The van der Waals surface area contributed by atoms with E-state index in [0.717, 1.165) is 30.2 Å². The first-order chi connectivity index (χ1) is 15.5. The van der Waals surface area contributed by atoms with Crippen LogP contribution < -0.4 is 14.1 Å². The van der Waals surface area contributed by atoms with E-state index in [2.05, 4.69) is 11.7 Å². The number of aliphatic imine (C=N–C) groups is 1. The third-order valence-corrected chi connectivity index (χ3v) is 7.45. The average molecular weight is 469 g/mol. The SMILES string of the molecule is C=Nc1ccc(-c2ccc3c(c2)N(C(=O)C2CC2)CC(C)N3C(C)=O)cc1N(C)S(C)(=O)=O. The Kier molecular flexibility index (Phi) is 5.78. The van der Waals surface area contributed by atoms with Gasteiger partial charge in [-0.3, -0.25) is 18.9 Å². The zero-order chi connectivity index (χ0) is 24.1. The van der Waals surface area contributed by atoms with Gasteiger partial charge in [-0.05, 0) is 61.9 Å². The summed E-state index contributed by atoms with van der Waals surface area (Å²) in [7, 11) is -2.03. The molecule has 2 aromatic rings. The minimum absolute atomic E-state index is 0.0468. The monoisotopic (exact) mass is 468 g/mol. The quantitative estimate of drug-likeness (QED) is 0.627. The van der Waals surface area contributed by atoms with Crippen LogP contribution in [-0.4, -0.2) is 52.8 Å². The fourth-order valence-corrected chi connectivity index (χ4v) is 4.82. The maximum Gasteiger partial charge on any atom is 0.232 e. The Bertz CT molecular complexity index is 1250. The molecular formula is C24H28N4O4S. The van der Waals surface area contributed by atoms with Gasteiger partial charge in [0.25, 0.3) is 0 Å². The van der Waals surface area contributed by atoms with Crippen LogP contribution in [0.2, 0.25) is 0 Å². The van der Waals surface area contributed by atoms with Crippen LogP contribution in [0.5, 0.6) is 0 Å². The smallest absolute Gasteiger partial charge is 0.232 e. The Morgan fingerprint density at radius 3 is 2.30 bits per heavy atom. The summed E-state index contributed by atoms with van der Waals surface area (Å²) in [5.41, 5.74) is 3.83. The Morgan fingerprint density at radius 1 is 1.09 bits per heavy atom. The normalized spacial score (nSPS) is 18.0. The number of amides is 2. The molecule has 9 heteroatoms. The van der Waals surface area contributed by atoms with Crippen LogP contribution in [0.25, 0.3) is 11.1 Å². The molecule has 174 valence electrons. The molecule has 33 heavy (non-hydrogen) atoms. The first-order valence-electron chi connectivity index (χ1n) is 10.8. The van der Waals surface area contributed by atoms with Gasteiger partial charge in [0.1, 0.15) is 0 Å². The molecular weight excluding hydrogens is 440 g/mol. The Morgan fingerprint density at radius 2 is 1.73 bits per heavy atom. The molecule has 2 aromatic carbocycles. The standard InChI is InChI=1S/C24H28N4O4S/c1-15-14-27(24(30)17-6-7-17)23-13-19(9-11-21(23)28(15)16(2)29)18-8-10-20(25-3)22(12-18)26(4)33(5,31)32/h8-13,15,17H,3,6-7,14H2,1-2,4-5H3. The highest BCUT2D eigenvalue weighted by Gasteiger charge is 2.39. The summed E-state index contributed by atoms with van der Waals surface area (Å²) in [6, 6.07) is 10.8. The van der Waals surface area contributed by atoms with Gasteiger partial charge in [0.2, 0.25) is 21.8 Å². The number of fused-ring (bicyclic) bond motifs is 1. The Balaban J connectivity index is 1.84. The second-order valence-electron chi connectivity index (χ2n) is 8.76. The lowest BCUT2D eigenvalue weighted by Gasteiger charge is -2.41. The molecule has 0 N–H and O–H groups in total. The van der Waals surface area contributed by atoms with E-state index < -0.39 is 10.0 Å². The molecule has 1 unspecified atom stereocenters. The maximum absolute atomic E-state index is 13.1. The third-order valence-electron chi connectivity index (χ3n) is 6.26. The van der Waals surface area contributed by atoms with Crippen molar-refractivity contribution < 1.29 is 18.0 Å². The first-order valence-corrected chi connectivity index (χ1v) is 12.7. The van der Waals surface area contributed by atoms with E-state index in [1.165, 1.54) is 18.3 Å². The van der Waals surface area contributed by atoms with E-state index in [4.69, 9.17) is 0 Å². The number of rotatable bonds is 5. The molecule has 4 rings (SSSR count). The van der Waals surface area contributed by atoms with Gasteiger partial charge in [0.05, 0.1) is 35.0 Å². The van der Waals surface area contributed by atoms with E-state index in [9.17, 15) is 18.0 Å². The molecule has 0 saturated heterocycles. The topological polar surface area (TPSA) is 90.4 Å². The Hall–Kier alpha value is -3.20. The number of anilines is 3. The molecule has 1 heterocycles. The highest BCUT2D eigenvalue weighted by molar-refractivity contribution is 7.92. The van der Waals surface area contributed by atoms with Crippen LogP contribution in [0, 0.1) is 5.92 Å². The van der Waals surface area contributed by atoms with Gasteiger partial charge in [-0.1, -0.05) is 12.1 Å². The molecule has 0 aromatic heterocycles. The predicted octanol–water partition coefficient (Wildman–Crippen LogP) is 3.58. The summed E-state index contributed by atoms with van der Waals surface area (Å²) >= 11 is 0. The van der Waals surface area contributed by atoms with Gasteiger partial charge in [-0.2, -0.15) is 0 Å². The van der Waals surface area contributed by atoms with Gasteiger partial charge in [-0.25, -0.2) is 8.42 Å². The first kappa shape index (κ1) is 23.0. The number of hydrogen-bond acceptors (Lipinski definition) is 5. The molecule has 1 aliphatic carbocycles. The summed E-state index contributed by atoms with van der Waals surface area (Å²) in [4.78, 5) is 32.9. The van der Waals surface area contributed by atoms with E-state index in [1.54, 1.807) is 21.9 Å². The molecule has 1 atom stereocenters. The summed E-state index contributed by atoms with van der Waals surface area (Å²) in [5.74, 6) is 0.0613. The molecule has 1 aliphatic heterocycles. The van der Waals surface area contributed by atoms with Crippen LogP contribution in [0.3, 0.4) is 0 Å². The third kappa shape index (κ3) is 4.25. The van der Waals surface area contributed by atoms with Crippen molar-refractivity contribution in [3.05, 3.63) is 36.4 Å². The number of carbonyl (C=O) groups excluding carboxylic acids is 2. The van der Waals surface area contributed by atoms with Crippen molar-refractivity contribution in [3.63, 3.8) is 0 Å². The number of sulfonamides is 1. The van der Waals surface area contributed by atoms with Crippen molar-refractivity contribution in [1.29, 1.82) is 0 Å². The summed E-state index contributed by atoms with van der Waals surface area (Å²) in [5, 5.41) is 0. The Labute approximate surface area is 194 Å². The van der Waals surface area contributed by atoms with Gasteiger partial charge in [-0.15, -0.1) is 0 Å². The van der Waals surface area contributed by atoms with Gasteiger partial charge < -0.3 is 9.80 Å². The molecule has 2 aliphatic rings. The fourth-order valence-electron chi connectivity index (χ4n) is 4.31. The molecule has 1 fully saturated rings. The van der Waals surface area contributed by atoms with Gasteiger partial charge >= 0.3 is 0 Å². The van der Waals surface area contributed by atoms with Crippen LogP contribution in [-0.2, 0) is 19.6 Å². The number of hydrogen-bond donors (Lipinski definition) is 0. The predicted molar refractivity (Wildman–Crippen MR) is 132 cm³/mol. The second kappa shape index (κ2) is 8.30. The minimum atomic E-state index is -3.50. The second-order valence-corrected chi connectivity index (χ2v) is 10.8. The van der Waals surface area contributed by atoms with E-state index in [-0.39, 0.29) is 23.8 Å². The molecule has 0 spiro atoms. The van der Waals surface area contributed by atoms with Crippen molar-refractivity contribution in [2.45, 2.75) is 32.7 Å². The maximum atomic E-state index is 13.1. The average Bonchev–Trinajstić information content (AvgIpc) is 3.61. The van der Waals surface area contributed by atoms with E-state index in [0.29, 0.717) is 29.3 Å². The van der Waals surface area contributed by atoms with Crippen LogP contribution in [0.15, 0.2) is 41.4 Å². The zero-order valence-electron chi connectivity index (χ0n) is 19.3. The van der Waals surface area contributed by atoms with Gasteiger partial charge in [0, 0.05) is 26.4 Å². The van der Waals surface area contributed by atoms with Crippen molar-refractivity contribution in [1.82, 2.24) is 0 Å². The fraction of sp³-hybridized carbons (Fsp3) is 0.375. The zero-order valence-corrected chi connectivity index (χ0v) is 20.1. The molecule has 0 bridgehead atoms. The van der Waals surface area contributed by atoms with Crippen molar-refractivity contribution in [2.75, 3.05) is 34.0 Å². The molecule has 0 radical (unpaired) electrons. The van der Waals surface area contributed by atoms with Crippen molar-refractivity contribution in [2.24, 2.45) is 10.9 Å². The molecule has 2 amide bonds. The van der Waals surface area contributed by atoms with Crippen LogP contribution in [0.1, 0.15) is 26.7 Å².